The lowest BCUT2D eigenvalue weighted by atomic mass is 10.3. The average Bonchev–Trinajstić information content (AvgIpc) is 2.38. The van der Waals surface area contributed by atoms with Crippen LogP contribution >= 0.6 is 11.8 Å². The molecular weight excluding hydrogens is 314 g/mol. The van der Waals surface area contributed by atoms with E-state index >= 15 is 0 Å². The molecule has 1 heterocycles. The summed E-state index contributed by atoms with van der Waals surface area (Å²) >= 11 is 1.36. The number of sulfone groups is 1. The van der Waals surface area contributed by atoms with Crippen LogP contribution < -0.4 is 5.32 Å². The SMILES string of the molecule is C[C@H](CC(=O)O)S(=O)(=O)c1ccc2c(c1)NC(=O)[C@@H](C)S2. The Morgan fingerprint density at radius 2 is 2.14 bits per heavy atom. The highest BCUT2D eigenvalue weighted by molar-refractivity contribution is 8.01. The number of rotatable bonds is 4. The summed E-state index contributed by atoms with van der Waals surface area (Å²) < 4.78 is 24.6. The molecule has 1 aliphatic rings. The van der Waals surface area contributed by atoms with Gasteiger partial charge >= 0.3 is 5.97 Å². The van der Waals surface area contributed by atoms with Crippen molar-refractivity contribution in [3.63, 3.8) is 0 Å². The zero-order valence-electron chi connectivity index (χ0n) is 11.5. The van der Waals surface area contributed by atoms with Crippen LogP contribution in [0.2, 0.25) is 0 Å². The summed E-state index contributed by atoms with van der Waals surface area (Å²) in [6.07, 6.45) is -0.461. The minimum Gasteiger partial charge on any atom is -0.481 e. The Labute approximate surface area is 126 Å². The van der Waals surface area contributed by atoms with Gasteiger partial charge in [0.2, 0.25) is 5.91 Å². The van der Waals surface area contributed by atoms with E-state index in [4.69, 9.17) is 5.11 Å². The lowest BCUT2D eigenvalue weighted by molar-refractivity contribution is -0.136. The fourth-order valence-electron chi connectivity index (χ4n) is 1.95. The smallest absolute Gasteiger partial charge is 0.304 e. The van der Waals surface area contributed by atoms with Crippen LogP contribution in [0.3, 0.4) is 0 Å². The lowest BCUT2D eigenvalue weighted by Gasteiger charge is -2.22. The first-order valence-corrected chi connectivity index (χ1v) is 8.71. The Morgan fingerprint density at radius 1 is 1.48 bits per heavy atom. The van der Waals surface area contributed by atoms with Gasteiger partial charge in [-0.3, -0.25) is 9.59 Å². The van der Waals surface area contributed by atoms with Crippen molar-refractivity contribution in [2.24, 2.45) is 0 Å². The number of carboxylic acid groups (broad SMARTS) is 1. The Kier molecular flexibility index (Phi) is 4.29. The third kappa shape index (κ3) is 3.21. The molecule has 0 bridgehead atoms. The fraction of sp³-hybridized carbons (Fsp3) is 0.385. The van der Waals surface area contributed by atoms with Gasteiger partial charge in [-0.05, 0) is 32.0 Å². The third-order valence-electron chi connectivity index (χ3n) is 3.20. The molecule has 0 aromatic heterocycles. The van der Waals surface area contributed by atoms with Crippen LogP contribution in [0.5, 0.6) is 0 Å². The van der Waals surface area contributed by atoms with Gasteiger partial charge in [0.25, 0.3) is 0 Å². The number of nitrogens with one attached hydrogen (secondary N) is 1. The Morgan fingerprint density at radius 3 is 2.76 bits per heavy atom. The second-order valence-electron chi connectivity index (χ2n) is 4.86. The number of fused-ring (bicyclic) bond motifs is 1. The molecule has 0 fully saturated rings. The zero-order valence-corrected chi connectivity index (χ0v) is 13.1. The van der Waals surface area contributed by atoms with Crippen LogP contribution in [0.25, 0.3) is 0 Å². The summed E-state index contributed by atoms with van der Waals surface area (Å²) in [5.74, 6) is -1.35. The predicted molar refractivity (Wildman–Crippen MR) is 79.3 cm³/mol. The van der Waals surface area contributed by atoms with Crippen LogP contribution in [0.15, 0.2) is 28.0 Å². The third-order valence-corrected chi connectivity index (χ3v) is 6.52. The van der Waals surface area contributed by atoms with E-state index in [2.05, 4.69) is 5.32 Å². The summed E-state index contributed by atoms with van der Waals surface area (Å²) in [7, 11) is -3.74. The number of carbonyl (C=O) groups is 2. The number of aliphatic carboxylic acids is 1. The highest BCUT2D eigenvalue weighted by Crippen LogP contribution is 2.37. The number of amides is 1. The van der Waals surface area contributed by atoms with Crippen molar-refractivity contribution in [3.05, 3.63) is 18.2 Å². The monoisotopic (exact) mass is 329 g/mol. The molecule has 6 nitrogen and oxygen atoms in total. The predicted octanol–water partition coefficient (Wildman–Crippen LogP) is 1.76. The van der Waals surface area contributed by atoms with Gasteiger partial charge < -0.3 is 10.4 Å². The summed E-state index contributed by atoms with van der Waals surface area (Å²) in [5, 5.41) is 10.1. The second kappa shape index (κ2) is 5.69. The fourth-order valence-corrected chi connectivity index (χ4v) is 4.25. The molecule has 2 atom stereocenters. The molecule has 1 amide bonds. The van der Waals surface area contributed by atoms with E-state index in [9.17, 15) is 18.0 Å². The van der Waals surface area contributed by atoms with Crippen molar-refractivity contribution < 1.29 is 23.1 Å². The van der Waals surface area contributed by atoms with Crippen LogP contribution in [-0.4, -0.2) is 35.9 Å². The first-order chi connectivity index (χ1) is 9.71. The molecule has 2 rings (SSSR count). The maximum Gasteiger partial charge on any atom is 0.304 e. The standard InChI is InChI=1S/C13H15NO5S2/c1-7(5-12(15)16)21(18,19)9-3-4-11-10(6-9)14-13(17)8(2)20-11/h3-4,6-8H,5H2,1-2H3,(H,14,17)(H,15,16)/t7-,8-/m1/s1. The molecule has 0 unspecified atom stereocenters. The number of benzene rings is 1. The summed E-state index contributed by atoms with van der Waals surface area (Å²) in [5.41, 5.74) is 0.451. The average molecular weight is 329 g/mol. The zero-order chi connectivity index (χ0) is 15.8. The molecule has 114 valence electrons. The van der Waals surface area contributed by atoms with Crippen LogP contribution in [-0.2, 0) is 19.4 Å². The van der Waals surface area contributed by atoms with Gasteiger partial charge in [-0.2, -0.15) is 0 Å². The van der Waals surface area contributed by atoms with Crippen molar-refractivity contribution in [3.8, 4) is 0 Å². The molecule has 0 saturated carbocycles. The normalized spacial score (nSPS) is 19.5. The van der Waals surface area contributed by atoms with E-state index in [1.165, 1.54) is 30.8 Å². The second-order valence-corrected chi connectivity index (χ2v) is 8.61. The number of hydrogen-bond acceptors (Lipinski definition) is 5. The molecule has 0 radical (unpaired) electrons. The van der Waals surface area contributed by atoms with Crippen molar-refractivity contribution in [1.29, 1.82) is 0 Å². The van der Waals surface area contributed by atoms with E-state index in [-0.39, 0.29) is 16.1 Å². The topological polar surface area (TPSA) is 101 Å². The minimum atomic E-state index is -3.74. The van der Waals surface area contributed by atoms with Crippen molar-refractivity contribution in [2.45, 2.75) is 40.6 Å². The lowest BCUT2D eigenvalue weighted by Crippen LogP contribution is -2.27. The van der Waals surface area contributed by atoms with Gasteiger partial charge in [-0.1, -0.05) is 0 Å². The Balaban J connectivity index is 2.36. The minimum absolute atomic E-state index is 0.0189. The van der Waals surface area contributed by atoms with Gasteiger partial charge in [0, 0.05) is 4.90 Å². The maximum atomic E-state index is 12.3. The molecule has 2 N–H and O–H groups in total. The first kappa shape index (κ1) is 15.8. The van der Waals surface area contributed by atoms with Crippen LogP contribution in [0, 0.1) is 0 Å². The molecule has 21 heavy (non-hydrogen) atoms. The molecule has 1 aromatic rings. The summed E-state index contributed by atoms with van der Waals surface area (Å²) in [4.78, 5) is 23.1. The quantitative estimate of drug-likeness (QED) is 0.873. The molecule has 1 aliphatic heterocycles. The van der Waals surface area contributed by atoms with E-state index in [0.717, 1.165) is 4.90 Å². The maximum absolute atomic E-state index is 12.3. The van der Waals surface area contributed by atoms with E-state index in [1.54, 1.807) is 13.0 Å². The molecule has 0 saturated heterocycles. The largest absolute Gasteiger partial charge is 0.481 e. The summed E-state index contributed by atoms with van der Waals surface area (Å²) in [6, 6.07) is 4.47. The number of anilines is 1. The Bertz CT molecular complexity index is 699. The van der Waals surface area contributed by atoms with Crippen LogP contribution in [0.1, 0.15) is 20.3 Å². The van der Waals surface area contributed by atoms with Crippen molar-refractivity contribution >= 4 is 39.2 Å². The number of carboxylic acids is 1. The van der Waals surface area contributed by atoms with Gasteiger partial charge in [0.1, 0.15) is 0 Å². The van der Waals surface area contributed by atoms with E-state index < -0.39 is 27.5 Å². The highest BCUT2D eigenvalue weighted by Gasteiger charge is 2.28. The van der Waals surface area contributed by atoms with Gasteiger partial charge in [0.05, 0.1) is 27.5 Å². The van der Waals surface area contributed by atoms with Gasteiger partial charge in [0.15, 0.2) is 9.84 Å². The number of thioether (sulfide) groups is 1. The first-order valence-electron chi connectivity index (χ1n) is 6.29. The number of hydrogen-bond donors (Lipinski definition) is 2. The van der Waals surface area contributed by atoms with Crippen molar-refractivity contribution in [1.82, 2.24) is 0 Å². The van der Waals surface area contributed by atoms with Crippen LogP contribution in [0.4, 0.5) is 5.69 Å². The Hall–Kier alpha value is -1.54. The molecular formula is C13H15NO5S2. The van der Waals surface area contributed by atoms with Gasteiger partial charge in [-0.15, -0.1) is 11.8 Å². The summed E-state index contributed by atoms with van der Waals surface area (Å²) in [6.45, 7) is 3.13. The van der Waals surface area contributed by atoms with Crippen molar-refractivity contribution in [2.75, 3.05) is 5.32 Å². The van der Waals surface area contributed by atoms with E-state index in [1.807, 2.05) is 0 Å². The van der Waals surface area contributed by atoms with Gasteiger partial charge in [-0.25, -0.2) is 8.42 Å². The molecule has 1 aromatic carbocycles. The molecule has 0 spiro atoms. The molecule has 0 aliphatic carbocycles. The van der Waals surface area contributed by atoms with E-state index in [0.29, 0.717) is 5.69 Å². The highest BCUT2D eigenvalue weighted by atomic mass is 32.2. The number of carbonyl (C=O) groups excluding carboxylic acids is 1. The molecule has 8 heteroatoms.